The number of anilines is 2. The smallest absolute Gasteiger partial charge is 0.240 e. The summed E-state index contributed by atoms with van der Waals surface area (Å²) in [7, 11) is -1.86. The average molecular weight is 330 g/mol. The fraction of sp³-hybridized carbons (Fsp3) is 0.455. The zero-order chi connectivity index (χ0) is 15.5. The van der Waals surface area contributed by atoms with Crippen LogP contribution in [0.5, 0.6) is 0 Å². The Morgan fingerprint density at radius 2 is 2.14 bits per heavy atom. The normalized spacial score (nSPS) is 11.8. The van der Waals surface area contributed by atoms with Gasteiger partial charge in [-0.3, -0.25) is 5.43 Å². The van der Waals surface area contributed by atoms with E-state index in [1.54, 1.807) is 11.3 Å². The highest BCUT2D eigenvalue weighted by Gasteiger charge is 2.12. The van der Waals surface area contributed by atoms with E-state index in [2.05, 4.69) is 32.4 Å². The van der Waals surface area contributed by atoms with Crippen LogP contribution < -0.4 is 21.3 Å². The molecule has 2 aromatic heterocycles. The van der Waals surface area contributed by atoms with Crippen molar-refractivity contribution in [2.45, 2.75) is 13.3 Å². The molecule has 2 rings (SSSR count). The van der Waals surface area contributed by atoms with E-state index in [-0.39, 0.29) is 12.3 Å². The summed E-state index contributed by atoms with van der Waals surface area (Å²) in [5.41, 5.74) is 2.42. The second kappa shape index (κ2) is 6.52. The largest absolute Gasteiger partial charge is 0.368 e. The Morgan fingerprint density at radius 1 is 1.38 bits per heavy atom. The summed E-state index contributed by atoms with van der Waals surface area (Å²) >= 11 is 1.57. The predicted octanol–water partition coefficient (Wildman–Crippen LogP) is 0.500. The number of nitrogens with zero attached hydrogens (tertiary/aromatic N) is 2. The summed E-state index contributed by atoms with van der Waals surface area (Å²) in [4.78, 5) is 10.5. The van der Waals surface area contributed by atoms with E-state index in [4.69, 9.17) is 5.84 Å². The highest BCUT2D eigenvalue weighted by atomic mass is 32.2. The van der Waals surface area contributed by atoms with Crippen molar-refractivity contribution in [2.24, 2.45) is 5.84 Å². The van der Waals surface area contributed by atoms with Gasteiger partial charge < -0.3 is 5.32 Å². The number of nitrogen functional groups attached to an aromatic ring is 1. The molecule has 0 spiro atoms. The minimum absolute atomic E-state index is 0.0366. The monoisotopic (exact) mass is 330 g/mol. The lowest BCUT2D eigenvalue weighted by Crippen LogP contribution is -2.26. The van der Waals surface area contributed by atoms with E-state index >= 15 is 0 Å². The van der Waals surface area contributed by atoms with Crippen molar-refractivity contribution < 1.29 is 8.42 Å². The van der Waals surface area contributed by atoms with Crippen LogP contribution in [0.2, 0.25) is 0 Å². The number of fused-ring (bicyclic) bond motifs is 1. The number of hydrogen-bond donors (Lipinski definition) is 4. The zero-order valence-electron chi connectivity index (χ0n) is 11.8. The third-order valence-electron chi connectivity index (χ3n) is 2.90. The number of rotatable bonds is 7. The summed E-state index contributed by atoms with van der Waals surface area (Å²) in [5, 5.41) is 3.90. The average Bonchev–Trinajstić information content (AvgIpc) is 2.90. The van der Waals surface area contributed by atoms with Gasteiger partial charge in [-0.1, -0.05) is 6.92 Å². The van der Waals surface area contributed by atoms with Gasteiger partial charge >= 0.3 is 0 Å². The van der Waals surface area contributed by atoms with Gasteiger partial charge in [0.1, 0.15) is 10.6 Å². The number of hydrazine groups is 1. The Hall–Kier alpha value is -1.49. The minimum atomic E-state index is -3.25. The molecule has 0 saturated carbocycles. The molecule has 0 aromatic carbocycles. The highest BCUT2D eigenvalue weighted by molar-refractivity contribution is 7.89. The molecule has 0 radical (unpaired) electrons. The van der Waals surface area contributed by atoms with Gasteiger partial charge in [-0.2, -0.15) is 4.98 Å². The Balaban J connectivity index is 2.26. The summed E-state index contributed by atoms with van der Waals surface area (Å²) in [5.74, 6) is 6.20. The van der Waals surface area contributed by atoms with Gasteiger partial charge in [0.2, 0.25) is 16.0 Å². The van der Waals surface area contributed by atoms with Crippen molar-refractivity contribution in [2.75, 3.05) is 30.1 Å². The fourth-order valence-corrected chi connectivity index (χ4v) is 3.29. The quantitative estimate of drug-likeness (QED) is 0.431. The standard InChI is InChI=1S/C11H18N6O2S2/c1-3-7-6-8-9(14-4-5-21(18,19)13-2)15-11(17-12)16-10(8)20-7/h6,13H,3-5,12H2,1-2H3,(H2,14,15,16,17). The van der Waals surface area contributed by atoms with E-state index in [0.717, 1.165) is 16.6 Å². The van der Waals surface area contributed by atoms with Crippen molar-refractivity contribution in [1.82, 2.24) is 14.7 Å². The molecule has 0 saturated heterocycles. The van der Waals surface area contributed by atoms with Crippen LogP contribution in [-0.4, -0.2) is 37.7 Å². The van der Waals surface area contributed by atoms with E-state index in [9.17, 15) is 8.42 Å². The number of aryl methyl sites for hydroxylation is 1. The van der Waals surface area contributed by atoms with E-state index in [1.807, 2.05) is 6.07 Å². The second-order valence-electron chi connectivity index (χ2n) is 4.28. The molecule has 0 fully saturated rings. The van der Waals surface area contributed by atoms with Crippen LogP contribution in [0.1, 0.15) is 11.8 Å². The van der Waals surface area contributed by atoms with Crippen molar-refractivity contribution in [3.8, 4) is 0 Å². The van der Waals surface area contributed by atoms with Gasteiger partial charge in [0, 0.05) is 11.4 Å². The molecule has 8 nitrogen and oxygen atoms in total. The molecule has 0 aliphatic rings. The maximum atomic E-state index is 11.4. The number of hydrogen-bond acceptors (Lipinski definition) is 8. The Labute approximate surface area is 127 Å². The van der Waals surface area contributed by atoms with E-state index in [1.165, 1.54) is 11.9 Å². The molecule has 2 aromatic rings. The summed E-state index contributed by atoms with van der Waals surface area (Å²) in [6, 6.07) is 2.01. The lowest BCUT2D eigenvalue weighted by atomic mass is 10.3. The van der Waals surface area contributed by atoms with Gasteiger partial charge in [-0.15, -0.1) is 11.3 Å². The third kappa shape index (κ3) is 3.79. The second-order valence-corrected chi connectivity index (χ2v) is 7.44. The first-order valence-electron chi connectivity index (χ1n) is 6.41. The zero-order valence-corrected chi connectivity index (χ0v) is 13.4. The van der Waals surface area contributed by atoms with Crippen LogP contribution in [0.3, 0.4) is 0 Å². The number of nitrogens with one attached hydrogen (secondary N) is 3. The van der Waals surface area contributed by atoms with Gasteiger partial charge in [-0.25, -0.2) is 24.0 Å². The lowest BCUT2D eigenvalue weighted by molar-refractivity contribution is 0.588. The molecule has 21 heavy (non-hydrogen) atoms. The SMILES string of the molecule is CCc1cc2c(NCCS(=O)(=O)NC)nc(NN)nc2s1. The van der Waals surface area contributed by atoms with Gasteiger partial charge in [0.05, 0.1) is 11.1 Å². The molecule has 0 aliphatic carbocycles. The van der Waals surface area contributed by atoms with E-state index in [0.29, 0.717) is 11.8 Å². The number of sulfonamides is 1. The van der Waals surface area contributed by atoms with Crippen LogP contribution in [-0.2, 0) is 16.4 Å². The fourth-order valence-electron chi connectivity index (χ4n) is 1.75. The molecule has 0 bridgehead atoms. The van der Waals surface area contributed by atoms with Crippen LogP contribution in [0.4, 0.5) is 11.8 Å². The number of nitrogens with two attached hydrogens (primary N) is 1. The highest BCUT2D eigenvalue weighted by Crippen LogP contribution is 2.30. The molecular weight excluding hydrogens is 312 g/mol. The van der Waals surface area contributed by atoms with E-state index < -0.39 is 10.0 Å². The van der Waals surface area contributed by atoms with Gasteiger partial charge in [0.25, 0.3) is 0 Å². The molecule has 0 unspecified atom stereocenters. The molecule has 0 amide bonds. The van der Waals surface area contributed by atoms with Crippen LogP contribution in [0.25, 0.3) is 10.2 Å². The number of thiophene rings is 1. The maximum absolute atomic E-state index is 11.4. The van der Waals surface area contributed by atoms with Gasteiger partial charge in [0.15, 0.2) is 0 Å². The van der Waals surface area contributed by atoms with Crippen LogP contribution >= 0.6 is 11.3 Å². The molecule has 116 valence electrons. The molecular formula is C11H18N6O2S2. The Morgan fingerprint density at radius 3 is 2.76 bits per heavy atom. The number of aromatic nitrogens is 2. The summed E-state index contributed by atoms with van der Waals surface area (Å²) < 4.78 is 25.1. The third-order valence-corrected chi connectivity index (χ3v) is 5.43. The van der Waals surface area contributed by atoms with Crippen molar-refractivity contribution in [1.29, 1.82) is 0 Å². The summed E-state index contributed by atoms with van der Waals surface area (Å²) in [6.45, 7) is 2.31. The van der Waals surface area contributed by atoms with Crippen molar-refractivity contribution >= 4 is 43.3 Å². The van der Waals surface area contributed by atoms with Crippen LogP contribution in [0, 0.1) is 0 Å². The lowest BCUT2D eigenvalue weighted by Gasteiger charge is -2.08. The first kappa shape index (κ1) is 15.9. The molecule has 2 heterocycles. The minimum Gasteiger partial charge on any atom is -0.368 e. The molecule has 0 atom stereocenters. The van der Waals surface area contributed by atoms with Crippen LogP contribution in [0.15, 0.2) is 6.07 Å². The Bertz CT molecular complexity index is 728. The Kier molecular flexibility index (Phi) is 4.93. The van der Waals surface area contributed by atoms with Crippen molar-refractivity contribution in [3.63, 3.8) is 0 Å². The van der Waals surface area contributed by atoms with Crippen molar-refractivity contribution in [3.05, 3.63) is 10.9 Å². The first-order chi connectivity index (χ1) is 9.99. The van der Waals surface area contributed by atoms with Gasteiger partial charge in [-0.05, 0) is 19.5 Å². The maximum Gasteiger partial charge on any atom is 0.240 e. The molecule has 0 aliphatic heterocycles. The molecule has 10 heteroatoms. The predicted molar refractivity (Wildman–Crippen MR) is 85.9 cm³/mol. The first-order valence-corrected chi connectivity index (χ1v) is 8.88. The molecule has 5 N–H and O–H groups in total. The summed E-state index contributed by atoms with van der Waals surface area (Å²) in [6.07, 6.45) is 0.903. The topological polar surface area (TPSA) is 122 Å².